The van der Waals surface area contributed by atoms with Crippen molar-refractivity contribution in [3.05, 3.63) is 52.4 Å². The molecule has 2 heterocycles. The van der Waals surface area contributed by atoms with Crippen molar-refractivity contribution >= 4 is 52.3 Å². The summed E-state index contributed by atoms with van der Waals surface area (Å²) in [6.45, 7) is 5.53. The van der Waals surface area contributed by atoms with E-state index >= 15 is 0 Å². The van der Waals surface area contributed by atoms with Crippen LogP contribution >= 0.6 is 24.0 Å². The van der Waals surface area contributed by atoms with Crippen molar-refractivity contribution in [2.45, 2.75) is 13.8 Å². The number of thiocarbonyl (C=S) groups is 1. The Kier molecular flexibility index (Phi) is 7.86. The third-order valence-electron chi connectivity index (χ3n) is 4.88. The zero-order valence-electron chi connectivity index (χ0n) is 17.6. The van der Waals surface area contributed by atoms with Crippen LogP contribution in [-0.4, -0.2) is 76.3 Å². The summed E-state index contributed by atoms with van der Waals surface area (Å²) >= 11 is 6.55. The summed E-state index contributed by atoms with van der Waals surface area (Å²) in [4.78, 5) is 42.4. The second-order valence-electron chi connectivity index (χ2n) is 7.13. The number of amides is 3. The molecule has 9 heteroatoms. The fraction of sp³-hybridized carbons (Fsp3) is 0.364. The average Bonchev–Trinajstić information content (AvgIpc) is 3.01. The highest BCUT2D eigenvalue weighted by atomic mass is 32.2. The van der Waals surface area contributed by atoms with E-state index in [-0.39, 0.29) is 24.5 Å². The van der Waals surface area contributed by atoms with Gasteiger partial charge in [0.2, 0.25) is 5.91 Å². The van der Waals surface area contributed by atoms with Crippen LogP contribution in [0.2, 0.25) is 0 Å². The molecule has 3 rings (SSSR count). The van der Waals surface area contributed by atoms with Crippen LogP contribution in [0.1, 0.15) is 19.4 Å². The number of carbonyl (C=O) groups excluding carboxylic acids is 3. The topological polar surface area (TPSA) is 70.2 Å². The SMILES string of the molecule is CCOC(=O)N1CCN(C(=O)CN2C(=O)/C(=C/C(C)=C/c3ccccc3)SC2=S)CC1. The van der Waals surface area contributed by atoms with E-state index in [9.17, 15) is 14.4 Å². The largest absolute Gasteiger partial charge is 0.450 e. The van der Waals surface area contributed by atoms with Gasteiger partial charge in [0, 0.05) is 26.2 Å². The first kappa shape index (κ1) is 23.0. The van der Waals surface area contributed by atoms with Crippen molar-refractivity contribution in [2.75, 3.05) is 39.3 Å². The Morgan fingerprint density at radius 1 is 1.13 bits per heavy atom. The first-order chi connectivity index (χ1) is 14.9. The molecule has 3 amide bonds. The molecule has 0 saturated carbocycles. The van der Waals surface area contributed by atoms with Gasteiger partial charge >= 0.3 is 6.09 Å². The van der Waals surface area contributed by atoms with Crippen LogP contribution in [0.5, 0.6) is 0 Å². The smallest absolute Gasteiger partial charge is 0.409 e. The number of hydrogen-bond donors (Lipinski definition) is 0. The summed E-state index contributed by atoms with van der Waals surface area (Å²) < 4.78 is 5.37. The number of allylic oxidation sites excluding steroid dienone is 2. The van der Waals surface area contributed by atoms with Gasteiger partial charge in [-0.25, -0.2) is 4.79 Å². The lowest BCUT2D eigenvalue weighted by atomic mass is 10.1. The van der Waals surface area contributed by atoms with Gasteiger partial charge in [-0.1, -0.05) is 60.4 Å². The molecule has 0 aromatic heterocycles. The van der Waals surface area contributed by atoms with Crippen LogP contribution < -0.4 is 0 Å². The van der Waals surface area contributed by atoms with E-state index in [1.807, 2.05) is 43.3 Å². The molecule has 0 unspecified atom stereocenters. The lowest BCUT2D eigenvalue weighted by Crippen LogP contribution is -2.53. The number of carbonyl (C=O) groups is 3. The molecule has 0 bridgehead atoms. The van der Waals surface area contributed by atoms with Crippen LogP contribution in [0.3, 0.4) is 0 Å². The quantitative estimate of drug-likeness (QED) is 0.498. The molecule has 0 N–H and O–H groups in total. The number of nitrogens with zero attached hydrogens (tertiary/aromatic N) is 3. The zero-order chi connectivity index (χ0) is 22.4. The van der Waals surface area contributed by atoms with Crippen LogP contribution in [0.25, 0.3) is 6.08 Å². The number of piperazine rings is 1. The predicted molar refractivity (Wildman–Crippen MR) is 125 cm³/mol. The van der Waals surface area contributed by atoms with Gasteiger partial charge in [-0.15, -0.1) is 0 Å². The maximum atomic E-state index is 12.8. The van der Waals surface area contributed by atoms with E-state index in [1.165, 1.54) is 16.7 Å². The minimum absolute atomic E-state index is 0.0944. The molecule has 31 heavy (non-hydrogen) atoms. The molecule has 7 nitrogen and oxygen atoms in total. The number of ether oxygens (including phenoxy) is 1. The summed E-state index contributed by atoms with van der Waals surface area (Å²) in [6, 6.07) is 9.84. The van der Waals surface area contributed by atoms with Gasteiger partial charge in [0.25, 0.3) is 5.91 Å². The van der Waals surface area contributed by atoms with E-state index < -0.39 is 0 Å². The third kappa shape index (κ3) is 5.95. The lowest BCUT2D eigenvalue weighted by molar-refractivity contribution is -0.136. The number of thioether (sulfide) groups is 1. The molecular weight excluding hydrogens is 434 g/mol. The van der Waals surface area contributed by atoms with Crippen molar-refractivity contribution < 1.29 is 19.1 Å². The molecule has 2 saturated heterocycles. The van der Waals surface area contributed by atoms with E-state index in [2.05, 4.69) is 0 Å². The summed E-state index contributed by atoms with van der Waals surface area (Å²) in [5.41, 5.74) is 1.97. The molecule has 0 radical (unpaired) electrons. The Balaban J connectivity index is 1.58. The predicted octanol–water partition coefficient (Wildman–Crippen LogP) is 3.13. The Morgan fingerprint density at radius 2 is 1.77 bits per heavy atom. The maximum Gasteiger partial charge on any atom is 0.409 e. The van der Waals surface area contributed by atoms with E-state index in [0.29, 0.717) is 42.0 Å². The Hall–Kier alpha value is -2.65. The summed E-state index contributed by atoms with van der Waals surface area (Å²) in [5, 5.41) is 0. The summed E-state index contributed by atoms with van der Waals surface area (Å²) in [5.74, 6) is -0.438. The Morgan fingerprint density at radius 3 is 2.42 bits per heavy atom. The maximum absolute atomic E-state index is 12.8. The zero-order valence-corrected chi connectivity index (χ0v) is 19.2. The van der Waals surface area contributed by atoms with Crippen molar-refractivity contribution in [3.63, 3.8) is 0 Å². The fourth-order valence-electron chi connectivity index (χ4n) is 3.29. The lowest BCUT2D eigenvalue weighted by Gasteiger charge is -2.34. The van der Waals surface area contributed by atoms with Gasteiger partial charge < -0.3 is 14.5 Å². The third-order valence-corrected chi connectivity index (χ3v) is 6.26. The van der Waals surface area contributed by atoms with E-state index in [0.717, 1.165) is 11.1 Å². The highest BCUT2D eigenvalue weighted by Crippen LogP contribution is 2.32. The summed E-state index contributed by atoms with van der Waals surface area (Å²) in [7, 11) is 0. The van der Waals surface area contributed by atoms with Gasteiger partial charge in [-0.05, 0) is 31.1 Å². The minimum Gasteiger partial charge on any atom is -0.450 e. The van der Waals surface area contributed by atoms with Crippen molar-refractivity contribution in [1.82, 2.24) is 14.7 Å². The molecule has 0 atom stereocenters. The molecule has 164 valence electrons. The van der Waals surface area contributed by atoms with Gasteiger partial charge in [0.15, 0.2) is 0 Å². The standard InChI is InChI=1S/C22H25N3O4S2/c1-3-29-21(28)24-11-9-23(10-12-24)19(26)15-25-20(27)18(31-22(25)30)14-16(2)13-17-7-5-4-6-8-17/h4-8,13-14H,3,9-12,15H2,1-2H3/b16-13+,18-14-. The van der Waals surface area contributed by atoms with Gasteiger partial charge in [0.05, 0.1) is 11.5 Å². The second kappa shape index (κ2) is 10.6. The van der Waals surface area contributed by atoms with Crippen molar-refractivity contribution in [3.8, 4) is 0 Å². The Bertz CT molecular complexity index is 922. The van der Waals surface area contributed by atoms with Crippen molar-refractivity contribution in [2.24, 2.45) is 0 Å². The van der Waals surface area contributed by atoms with Gasteiger partial charge in [-0.2, -0.15) is 0 Å². The first-order valence-electron chi connectivity index (χ1n) is 10.1. The van der Waals surface area contributed by atoms with E-state index in [4.69, 9.17) is 17.0 Å². The first-order valence-corrected chi connectivity index (χ1v) is 11.3. The number of benzene rings is 1. The molecule has 2 aliphatic heterocycles. The molecule has 1 aromatic carbocycles. The van der Waals surface area contributed by atoms with Crippen molar-refractivity contribution in [1.29, 1.82) is 0 Å². The Labute approximate surface area is 191 Å². The molecular formula is C22H25N3O4S2. The number of rotatable bonds is 5. The highest BCUT2D eigenvalue weighted by Gasteiger charge is 2.35. The molecule has 2 fully saturated rings. The minimum atomic E-state index is -0.365. The van der Waals surface area contributed by atoms with Crippen LogP contribution in [0.4, 0.5) is 4.79 Å². The van der Waals surface area contributed by atoms with Crippen LogP contribution in [-0.2, 0) is 14.3 Å². The van der Waals surface area contributed by atoms with Gasteiger partial charge in [-0.3, -0.25) is 14.5 Å². The normalized spacial score (nSPS) is 18.7. The molecule has 0 aliphatic carbocycles. The van der Waals surface area contributed by atoms with Gasteiger partial charge in [0.1, 0.15) is 10.9 Å². The second-order valence-corrected chi connectivity index (χ2v) is 8.81. The monoisotopic (exact) mass is 459 g/mol. The van der Waals surface area contributed by atoms with Crippen LogP contribution in [0, 0.1) is 0 Å². The molecule has 2 aliphatic rings. The summed E-state index contributed by atoms with van der Waals surface area (Å²) in [6.07, 6.45) is 3.42. The van der Waals surface area contributed by atoms with E-state index in [1.54, 1.807) is 22.8 Å². The number of hydrogen-bond acceptors (Lipinski definition) is 6. The fourth-order valence-corrected chi connectivity index (χ4v) is 4.59. The average molecular weight is 460 g/mol. The highest BCUT2D eigenvalue weighted by molar-refractivity contribution is 8.26. The van der Waals surface area contributed by atoms with Crippen LogP contribution in [0.15, 0.2) is 46.9 Å². The molecule has 1 aromatic rings. The molecule has 0 spiro atoms.